The Morgan fingerprint density at radius 3 is 2.55 bits per heavy atom. The number of halogens is 2. The van der Waals surface area contributed by atoms with Gasteiger partial charge >= 0.3 is 0 Å². The van der Waals surface area contributed by atoms with E-state index in [1.165, 1.54) is 12.1 Å². The average Bonchev–Trinajstić information content (AvgIpc) is 2.95. The number of rotatable bonds is 6. The molecule has 0 saturated heterocycles. The van der Waals surface area contributed by atoms with Crippen molar-refractivity contribution in [2.24, 2.45) is 0 Å². The smallest absolute Gasteiger partial charge is 0.263 e. The van der Waals surface area contributed by atoms with Crippen molar-refractivity contribution in [3.8, 4) is 5.75 Å². The lowest BCUT2D eigenvalue weighted by Crippen LogP contribution is -2.40. The summed E-state index contributed by atoms with van der Waals surface area (Å²) in [6.45, 7) is 2.74. The molecule has 1 atom stereocenters. The molecule has 33 heavy (non-hydrogen) atoms. The van der Waals surface area contributed by atoms with Crippen LogP contribution in [0.15, 0.2) is 66.7 Å². The summed E-state index contributed by atoms with van der Waals surface area (Å²) in [6.07, 6.45) is 0.569. The molecule has 0 saturated carbocycles. The Morgan fingerprint density at radius 1 is 1.12 bits per heavy atom. The van der Waals surface area contributed by atoms with Gasteiger partial charge in [-0.15, -0.1) is 0 Å². The number of hydrogen-bond acceptors (Lipinski definition) is 3. The second-order valence-electron chi connectivity index (χ2n) is 7.93. The molecule has 5 nitrogen and oxygen atoms in total. The molecule has 1 aliphatic heterocycles. The second kappa shape index (κ2) is 10.0. The minimum atomic E-state index is -0.575. The Hall–Kier alpha value is -3.38. The van der Waals surface area contributed by atoms with Crippen LogP contribution in [0.5, 0.6) is 5.75 Å². The van der Waals surface area contributed by atoms with E-state index < -0.39 is 6.10 Å². The Balaban J connectivity index is 1.52. The van der Waals surface area contributed by atoms with Gasteiger partial charge in [0.2, 0.25) is 0 Å². The quantitative estimate of drug-likeness (QED) is 0.523. The fourth-order valence-electron chi connectivity index (χ4n) is 3.75. The molecule has 170 valence electrons. The maximum Gasteiger partial charge on any atom is 0.263 e. The first kappa shape index (κ1) is 22.8. The number of nitrogens with zero attached hydrogens (tertiary/aromatic N) is 1. The van der Waals surface area contributed by atoms with Crippen molar-refractivity contribution in [2.75, 3.05) is 11.9 Å². The van der Waals surface area contributed by atoms with E-state index in [0.717, 1.165) is 11.1 Å². The van der Waals surface area contributed by atoms with E-state index >= 15 is 0 Å². The Labute approximate surface area is 197 Å². The maximum absolute atomic E-state index is 13.2. The molecule has 3 aromatic carbocycles. The van der Waals surface area contributed by atoms with Gasteiger partial charge in [0.05, 0.1) is 0 Å². The number of carbonyl (C=O) groups is 2. The molecule has 1 N–H and O–H groups in total. The predicted molar refractivity (Wildman–Crippen MR) is 126 cm³/mol. The zero-order valence-electron chi connectivity index (χ0n) is 18.2. The van der Waals surface area contributed by atoms with Crippen molar-refractivity contribution >= 4 is 29.1 Å². The van der Waals surface area contributed by atoms with Gasteiger partial charge in [-0.2, -0.15) is 0 Å². The summed E-state index contributed by atoms with van der Waals surface area (Å²) in [6, 6.07) is 18.3. The zero-order valence-corrected chi connectivity index (χ0v) is 18.9. The van der Waals surface area contributed by atoms with E-state index in [-0.39, 0.29) is 17.6 Å². The molecule has 0 aromatic heterocycles. The fraction of sp³-hybridized carbons (Fsp3) is 0.231. The molecule has 0 fully saturated rings. The van der Waals surface area contributed by atoms with Gasteiger partial charge < -0.3 is 15.0 Å². The fourth-order valence-corrected chi connectivity index (χ4v) is 3.88. The van der Waals surface area contributed by atoms with Crippen LogP contribution in [0.1, 0.15) is 34.8 Å². The third-order valence-electron chi connectivity index (χ3n) is 5.60. The van der Waals surface area contributed by atoms with E-state index in [0.29, 0.717) is 48.0 Å². The Kier molecular flexibility index (Phi) is 6.94. The van der Waals surface area contributed by atoms with Crippen molar-refractivity contribution < 1.29 is 18.7 Å². The van der Waals surface area contributed by atoms with Crippen LogP contribution < -0.4 is 10.1 Å². The molecule has 2 amide bonds. The number of amides is 2. The molecule has 0 unspecified atom stereocenters. The highest BCUT2D eigenvalue weighted by Crippen LogP contribution is 2.30. The molecule has 0 bridgehead atoms. The number of benzene rings is 3. The highest BCUT2D eigenvalue weighted by molar-refractivity contribution is 6.30. The first-order valence-corrected chi connectivity index (χ1v) is 11.2. The van der Waals surface area contributed by atoms with Crippen LogP contribution >= 0.6 is 11.6 Å². The van der Waals surface area contributed by atoms with Gasteiger partial charge in [0.15, 0.2) is 6.10 Å². The van der Waals surface area contributed by atoms with Gasteiger partial charge in [-0.05, 0) is 73.0 Å². The van der Waals surface area contributed by atoms with Crippen molar-refractivity contribution in [1.82, 2.24) is 4.90 Å². The van der Waals surface area contributed by atoms with Crippen molar-refractivity contribution in [2.45, 2.75) is 32.4 Å². The number of carbonyl (C=O) groups excluding carboxylic acids is 2. The van der Waals surface area contributed by atoms with Gasteiger partial charge in [0, 0.05) is 34.9 Å². The summed E-state index contributed by atoms with van der Waals surface area (Å²) < 4.78 is 19.2. The van der Waals surface area contributed by atoms with Crippen LogP contribution in [0.3, 0.4) is 0 Å². The van der Waals surface area contributed by atoms with Crippen LogP contribution in [0.2, 0.25) is 5.02 Å². The van der Waals surface area contributed by atoms with Crippen LogP contribution in [-0.2, 0) is 17.8 Å². The average molecular weight is 467 g/mol. The molecular formula is C26H24ClFN2O3. The first-order chi connectivity index (χ1) is 15.9. The predicted octanol–water partition coefficient (Wildman–Crippen LogP) is 5.47. The molecule has 4 rings (SSSR count). The summed E-state index contributed by atoms with van der Waals surface area (Å²) in [7, 11) is 0. The van der Waals surface area contributed by atoms with Crippen LogP contribution in [0.4, 0.5) is 10.1 Å². The highest BCUT2D eigenvalue weighted by atomic mass is 35.5. The molecule has 0 radical (unpaired) electrons. The lowest BCUT2D eigenvalue weighted by atomic mass is 10.1. The minimum absolute atomic E-state index is 0.0810. The summed E-state index contributed by atoms with van der Waals surface area (Å²) >= 11 is 5.90. The van der Waals surface area contributed by atoms with Gasteiger partial charge in [0.25, 0.3) is 11.8 Å². The normalized spacial score (nSPS) is 15.4. The number of ether oxygens (including phenoxy) is 1. The van der Waals surface area contributed by atoms with Crippen LogP contribution in [0.25, 0.3) is 0 Å². The molecule has 1 heterocycles. The van der Waals surface area contributed by atoms with E-state index in [9.17, 15) is 14.0 Å². The van der Waals surface area contributed by atoms with Gasteiger partial charge in [-0.3, -0.25) is 9.59 Å². The third kappa shape index (κ3) is 5.52. The molecule has 7 heteroatoms. The lowest BCUT2D eigenvalue weighted by Gasteiger charge is -2.23. The molecular weight excluding hydrogens is 443 g/mol. The van der Waals surface area contributed by atoms with E-state index in [4.69, 9.17) is 16.3 Å². The van der Waals surface area contributed by atoms with Gasteiger partial charge in [-0.25, -0.2) is 4.39 Å². The first-order valence-electron chi connectivity index (χ1n) is 10.8. The van der Waals surface area contributed by atoms with E-state index in [1.807, 2.05) is 13.0 Å². The zero-order chi connectivity index (χ0) is 23.4. The van der Waals surface area contributed by atoms with Crippen LogP contribution in [0, 0.1) is 5.82 Å². The summed E-state index contributed by atoms with van der Waals surface area (Å²) in [5, 5.41) is 3.45. The van der Waals surface area contributed by atoms with Crippen molar-refractivity contribution in [1.29, 1.82) is 0 Å². The molecule has 3 aromatic rings. The Morgan fingerprint density at radius 2 is 1.85 bits per heavy atom. The number of anilines is 1. The minimum Gasteiger partial charge on any atom is -0.480 e. The van der Waals surface area contributed by atoms with Crippen LogP contribution in [-0.4, -0.2) is 29.4 Å². The largest absolute Gasteiger partial charge is 0.480 e. The van der Waals surface area contributed by atoms with Crippen molar-refractivity contribution in [3.05, 3.63) is 94.3 Å². The highest BCUT2D eigenvalue weighted by Gasteiger charge is 2.29. The standard InChI is InChI=1S/C26H24ClFN2O3/c1-2-23-26(32)30(14-13-17-3-9-21(28)10-4-17)16-19-15-22(11-12-24(19)33-23)29-25(31)18-5-7-20(27)8-6-18/h3-12,15,23H,2,13-14,16H2,1H3,(H,29,31)/t23-/m1/s1. The summed E-state index contributed by atoms with van der Waals surface area (Å²) in [5.41, 5.74) is 2.87. The summed E-state index contributed by atoms with van der Waals surface area (Å²) in [5.74, 6) is 0.00881. The molecule has 0 aliphatic carbocycles. The SMILES string of the molecule is CC[C@H]1Oc2ccc(NC(=O)c3ccc(Cl)cc3)cc2CN(CCc2ccc(F)cc2)C1=O. The van der Waals surface area contributed by atoms with Gasteiger partial charge in [-0.1, -0.05) is 30.7 Å². The van der Waals surface area contributed by atoms with E-state index in [2.05, 4.69) is 5.32 Å². The summed E-state index contributed by atoms with van der Waals surface area (Å²) in [4.78, 5) is 27.4. The second-order valence-corrected chi connectivity index (χ2v) is 8.37. The molecule has 0 spiro atoms. The van der Waals surface area contributed by atoms with Crippen molar-refractivity contribution in [3.63, 3.8) is 0 Å². The topological polar surface area (TPSA) is 58.6 Å². The number of nitrogens with one attached hydrogen (secondary N) is 1. The van der Waals surface area contributed by atoms with Gasteiger partial charge in [0.1, 0.15) is 11.6 Å². The molecule has 1 aliphatic rings. The maximum atomic E-state index is 13.2. The third-order valence-corrected chi connectivity index (χ3v) is 5.85. The lowest BCUT2D eigenvalue weighted by molar-refractivity contribution is -0.138. The Bertz CT molecular complexity index is 1150. The van der Waals surface area contributed by atoms with E-state index in [1.54, 1.807) is 53.4 Å². The number of fused-ring (bicyclic) bond motifs is 1. The monoisotopic (exact) mass is 466 g/mol. The number of hydrogen-bond donors (Lipinski definition) is 1.